The highest BCUT2D eigenvalue weighted by atomic mass is 16.2. The Kier molecular flexibility index (Phi) is 4.54. The zero-order valence-corrected chi connectivity index (χ0v) is 8.82. The largest absolute Gasteiger partial charge is 0.349 e. The molecule has 0 aliphatic heterocycles. The van der Waals surface area contributed by atoms with Crippen molar-refractivity contribution in [2.75, 3.05) is 6.54 Å². The summed E-state index contributed by atoms with van der Waals surface area (Å²) in [7, 11) is 0. The number of amides is 1. The highest BCUT2D eigenvalue weighted by Gasteiger charge is 2.02. The molecule has 0 aromatic heterocycles. The van der Waals surface area contributed by atoms with Crippen LogP contribution in [-0.4, -0.2) is 18.2 Å². The summed E-state index contributed by atoms with van der Waals surface area (Å²) < 4.78 is 0. The van der Waals surface area contributed by atoms with E-state index in [4.69, 9.17) is 0 Å². The molecular formula is C12H15NO2. The van der Waals surface area contributed by atoms with Crippen molar-refractivity contribution in [3.05, 3.63) is 35.9 Å². The van der Waals surface area contributed by atoms with E-state index in [9.17, 15) is 9.59 Å². The summed E-state index contributed by atoms with van der Waals surface area (Å²) >= 11 is 0. The van der Waals surface area contributed by atoms with Crippen LogP contribution in [0.15, 0.2) is 30.3 Å². The number of ketones is 1. The second-order valence-corrected chi connectivity index (χ2v) is 3.46. The fourth-order valence-corrected chi connectivity index (χ4v) is 1.21. The molecule has 15 heavy (non-hydrogen) atoms. The van der Waals surface area contributed by atoms with E-state index in [-0.39, 0.29) is 18.2 Å². The minimum Gasteiger partial charge on any atom is -0.349 e. The predicted octanol–water partition coefficient (Wildman–Crippen LogP) is 1.32. The first-order chi connectivity index (χ1) is 7.18. The van der Waals surface area contributed by atoms with Crippen LogP contribution in [0.5, 0.6) is 0 Å². The van der Waals surface area contributed by atoms with Crippen molar-refractivity contribution in [1.82, 2.24) is 5.32 Å². The summed E-state index contributed by atoms with van der Waals surface area (Å²) in [5.74, 6) is -0.0999. The first-order valence-corrected chi connectivity index (χ1v) is 4.98. The van der Waals surface area contributed by atoms with Gasteiger partial charge in [-0.15, -0.1) is 0 Å². The van der Waals surface area contributed by atoms with Crippen molar-refractivity contribution in [3.8, 4) is 0 Å². The van der Waals surface area contributed by atoms with Crippen LogP contribution in [0.1, 0.15) is 18.9 Å². The van der Waals surface area contributed by atoms with Gasteiger partial charge in [-0.3, -0.25) is 9.59 Å². The van der Waals surface area contributed by atoms with E-state index in [0.29, 0.717) is 12.8 Å². The molecule has 0 radical (unpaired) electrons. The normalized spacial score (nSPS) is 9.67. The zero-order valence-electron chi connectivity index (χ0n) is 8.82. The molecule has 1 aromatic carbocycles. The quantitative estimate of drug-likeness (QED) is 0.788. The lowest BCUT2D eigenvalue weighted by Gasteiger charge is -2.02. The van der Waals surface area contributed by atoms with Gasteiger partial charge in [0.25, 0.3) is 0 Å². The summed E-state index contributed by atoms with van der Waals surface area (Å²) in [6.45, 7) is 1.59. The minimum atomic E-state index is -0.0750. The van der Waals surface area contributed by atoms with Crippen molar-refractivity contribution in [2.45, 2.75) is 19.8 Å². The zero-order chi connectivity index (χ0) is 11.1. The topological polar surface area (TPSA) is 46.2 Å². The fourth-order valence-electron chi connectivity index (χ4n) is 1.21. The van der Waals surface area contributed by atoms with Gasteiger partial charge in [-0.2, -0.15) is 0 Å². The summed E-state index contributed by atoms with van der Waals surface area (Å²) in [5, 5.41) is 2.56. The van der Waals surface area contributed by atoms with Gasteiger partial charge in [0.05, 0.1) is 6.54 Å². The van der Waals surface area contributed by atoms with Crippen LogP contribution in [0.3, 0.4) is 0 Å². The molecule has 1 N–H and O–H groups in total. The molecule has 0 aliphatic carbocycles. The number of benzene rings is 1. The van der Waals surface area contributed by atoms with Crippen LogP contribution in [0, 0.1) is 0 Å². The van der Waals surface area contributed by atoms with E-state index >= 15 is 0 Å². The van der Waals surface area contributed by atoms with Gasteiger partial charge < -0.3 is 5.32 Å². The lowest BCUT2D eigenvalue weighted by molar-refractivity contribution is -0.124. The first kappa shape index (κ1) is 11.4. The average molecular weight is 205 g/mol. The highest BCUT2D eigenvalue weighted by molar-refractivity contribution is 5.84. The maximum Gasteiger partial charge on any atom is 0.220 e. The summed E-state index contributed by atoms with van der Waals surface area (Å²) in [5.41, 5.74) is 1.13. The molecule has 1 aromatic rings. The predicted molar refractivity (Wildman–Crippen MR) is 58.5 cm³/mol. The SMILES string of the molecule is CC(=O)CNC(=O)CCc1ccccc1. The van der Waals surface area contributed by atoms with Crippen LogP contribution in [0.25, 0.3) is 0 Å². The Hall–Kier alpha value is -1.64. The van der Waals surface area contributed by atoms with Crippen LogP contribution in [0.4, 0.5) is 0 Å². The third-order valence-electron chi connectivity index (χ3n) is 2.02. The number of Topliss-reactive ketones (excluding diaryl/α,β-unsaturated/α-hetero) is 1. The molecular weight excluding hydrogens is 190 g/mol. The van der Waals surface area contributed by atoms with E-state index in [1.54, 1.807) is 0 Å². The minimum absolute atomic E-state index is 0.0249. The molecule has 0 aliphatic rings. The number of carbonyl (C=O) groups is 2. The van der Waals surface area contributed by atoms with E-state index < -0.39 is 0 Å². The molecule has 1 rings (SSSR count). The van der Waals surface area contributed by atoms with Crippen molar-refractivity contribution >= 4 is 11.7 Å². The molecule has 0 saturated carbocycles. The van der Waals surface area contributed by atoms with E-state index in [1.165, 1.54) is 6.92 Å². The third-order valence-corrected chi connectivity index (χ3v) is 2.02. The molecule has 0 atom stereocenters. The molecule has 3 heteroatoms. The standard InChI is InChI=1S/C12H15NO2/c1-10(14)9-13-12(15)8-7-11-5-3-2-4-6-11/h2-6H,7-9H2,1H3,(H,13,15). The van der Waals surface area contributed by atoms with Crippen molar-refractivity contribution in [1.29, 1.82) is 0 Å². The van der Waals surface area contributed by atoms with Gasteiger partial charge in [0, 0.05) is 6.42 Å². The number of aryl methyl sites for hydroxylation is 1. The number of carbonyl (C=O) groups excluding carboxylic acids is 2. The third kappa shape index (κ3) is 4.96. The van der Waals surface area contributed by atoms with Crippen LogP contribution in [0.2, 0.25) is 0 Å². The molecule has 0 bridgehead atoms. The van der Waals surface area contributed by atoms with E-state index in [1.807, 2.05) is 30.3 Å². The van der Waals surface area contributed by atoms with Crippen LogP contribution < -0.4 is 5.32 Å². The van der Waals surface area contributed by atoms with Gasteiger partial charge in [0.1, 0.15) is 5.78 Å². The monoisotopic (exact) mass is 205 g/mol. The Morgan fingerprint density at radius 3 is 2.47 bits per heavy atom. The fraction of sp³-hybridized carbons (Fsp3) is 0.333. The molecule has 0 unspecified atom stereocenters. The van der Waals surface area contributed by atoms with Gasteiger partial charge >= 0.3 is 0 Å². The Bertz CT molecular complexity index is 333. The Morgan fingerprint density at radius 2 is 1.87 bits per heavy atom. The molecule has 0 heterocycles. The molecule has 0 fully saturated rings. The Morgan fingerprint density at radius 1 is 1.20 bits per heavy atom. The van der Waals surface area contributed by atoms with Crippen molar-refractivity contribution in [3.63, 3.8) is 0 Å². The molecule has 80 valence electrons. The van der Waals surface area contributed by atoms with Gasteiger partial charge in [0.15, 0.2) is 0 Å². The average Bonchev–Trinajstić information content (AvgIpc) is 2.25. The second kappa shape index (κ2) is 5.96. The maximum atomic E-state index is 11.3. The van der Waals surface area contributed by atoms with Crippen molar-refractivity contribution in [2.24, 2.45) is 0 Å². The molecule has 0 saturated heterocycles. The second-order valence-electron chi connectivity index (χ2n) is 3.46. The number of hydrogen-bond donors (Lipinski definition) is 1. The highest BCUT2D eigenvalue weighted by Crippen LogP contribution is 2.01. The number of nitrogens with one attached hydrogen (secondary N) is 1. The lowest BCUT2D eigenvalue weighted by Crippen LogP contribution is -2.28. The smallest absolute Gasteiger partial charge is 0.220 e. The van der Waals surface area contributed by atoms with E-state index in [0.717, 1.165) is 5.56 Å². The van der Waals surface area contributed by atoms with Crippen LogP contribution in [-0.2, 0) is 16.0 Å². The van der Waals surface area contributed by atoms with Crippen LogP contribution >= 0.6 is 0 Å². The summed E-state index contributed by atoms with van der Waals surface area (Å²) in [4.78, 5) is 21.9. The van der Waals surface area contributed by atoms with E-state index in [2.05, 4.69) is 5.32 Å². The maximum absolute atomic E-state index is 11.3. The number of hydrogen-bond acceptors (Lipinski definition) is 2. The lowest BCUT2D eigenvalue weighted by atomic mass is 10.1. The van der Waals surface area contributed by atoms with Gasteiger partial charge in [0.2, 0.25) is 5.91 Å². The summed E-state index contributed by atoms with van der Waals surface area (Å²) in [6.07, 6.45) is 1.14. The first-order valence-electron chi connectivity index (χ1n) is 4.98. The molecule has 0 spiro atoms. The van der Waals surface area contributed by atoms with Crippen molar-refractivity contribution < 1.29 is 9.59 Å². The molecule has 1 amide bonds. The number of rotatable bonds is 5. The summed E-state index contributed by atoms with van der Waals surface area (Å²) in [6, 6.07) is 9.81. The molecule has 3 nitrogen and oxygen atoms in total. The van der Waals surface area contributed by atoms with Gasteiger partial charge in [-0.25, -0.2) is 0 Å². The Balaban J connectivity index is 2.26. The Labute approximate surface area is 89.5 Å². The van der Waals surface area contributed by atoms with Gasteiger partial charge in [-0.05, 0) is 18.9 Å². The van der Waals surface area contributed by atoms with Gasteiger partial charge in [-0.1, -0.05) is 30.3 Å².